The van der Waals surface area contributed by atoms with Crippen LogP contribution in [0.25, 0.3) is 0 Å². The van der Waals surface area contributed by atoms with Crippen molar-refractivity contribution in [3.05, 3.63) is 59.4 Å². The predicted octanol–water partition coefficient (Wildman–Crippen LogP) is 5.96. The van der Waals surface area contributed by atoms with Crippen LogP contribution in [-0.2, 0) is 6.42 Å². The molecule has 0 spiro atoms. The van der Waals surface area contributed by atoms with E-state index < -0.39 is 11.8 Å². The van der Waals surface area contributed by atoms with Gasteiger partial charge in [-0.2, -0.15) is 0 Å². The maximum atomic E-state index is 13.9. The zero-order valence-corrected chi connectivity index (χ0v) is 15.9. The lowest BCUT2D eigenvalue weighted by atomic mass is 9.85. The summed E-state index contributed by atoms with van der Waals surface area (Å²) in [5.74, 6) is 0.314. The Kier molecular flexibility index (Phi) is 6.86. The summed E-state index contributed by atoms with van der Waals surface area (Å²) in [4.78, 5) is 12.2. The van der Waals surface area contributed by atoms with Gasteiger partial charge in [-0.3, -0.25) is 0 Å². The second kappa shape index (κ2) is 9.54. The normalized spacial score (nSPS) is 14.7. The Labute approximate surface area is 160 Å². The Balaban J connectivity index is 1.54. The van der Waals surface area contributed by atoms with Gasteiger partial charge in [-0.05, 0) is 61.6 Å². The van der Waals surface area contributed by atoms with Gasteiger partial charge in [0, 0.05) is 0 Å². The monoisotopic (exact) mass is 370 g/mol. The quantitative estimate of drug-likeness (QED) is 0.446. The van der Waals surface area contributed by atoms with Gasteiger partial charge in [-0.1, -0.05) is 44.2 Å². The van der Waals surface area contributed by atoms with Crippen molar-refractivity contribution in [2.45, 2.75) is 51.9 Å². The van der Waals surface area contributed by atoms with Crippen LogP contribution in [0.3, 0.4) is 0 Å². The Morgan fingerprint density at radius 3 is 2.48 bits per heavy atom. The molecule has 0 bridgehead atoms. The number of benzene rings is 2. The smallest absolute Gasteiger partial charge is 0.343 e. The first kappa shape index (κ1) is 19.4. The number of carbonyl (C=O) groups excluding carboxylic acids is 1. The van der Waals surface area contributed by atoms with Crippen molar-refractivity contribution in [1.82, 2.24) is 0 Å². The first-order valence-electron chi connectivity index (χ1n) is 9.89. The molecule has 0 radical (unpaired) electrons. The Hall–Kier alpha value is -2.36. The van der Waals surface area contributed by atoms with Gasteiger partial charge in [0.2, 0.25) is 0 Å². The number of aryl methyl sites for hydroxylation is 1. The third-order valence-electron chi connectivity index (χ3n) is 5.17. The highest BCUT2D eigenvalue weighted by atomic mass is 19.1. The van der Waals surface area contributed by atoms with Gasteiger partial charge >= 0.3 is 5.97 Å². The summed E-state index contributed by atoms with van der Waals surface area (Å²) in [5, 5.41) is 0. The van der Waals surface area contributed by atoms with Gasteiger partial charge in [0.25, 0.3) is 0 Å². The largest absolute Gasteiger partial charge is 0.491 e. The van der Waals surface area contributed by atoms with Gasteiger partial charge in [0.05, 0.1) is 12.2 Å². The minimum atomic E-state index is -0.577. The van der Waals surface area contributed by atoms with Crippen molar-refractivity contribution < 1.29 is 18.7 Å². The molecule has 3 nitrogen and oxygen atoms in total. The van der Waals surface area contributed by atoms with Gasteiger partial charge in [0.15, 0.2) is 11.6 Å². The molecule has 2 aromatic rings. The topological polar surface area (TPSA) is 35.5 Å². The fourth-order valence-corrected chi connectivity index (χ4v) is 3.64. The van der Waals surface area contributed by atoms with E-state index in [1.165, 1.54) is 56.2 Å². The van der Waals surface area contributed by atoms with Crippen molar-refractivity contribution in [2.75, 3.05) is 6.61 Å². The van der Waals surface area contributed by atoms with Crippen molar-refractivity contribution in [1.29, 1.82) is 0 Å². The molecule has 1 aliphatic carbocycles. The van der Waals surface area contributed by atoms with Crippen LogP contribution in [-0.4, -0.2) is 12.6 Å². The van der Waals surface area contributed by atoms with Crippen LogP contribution >= 0.6 is 0 Å². The molecule has 0 atom stereocenters. The predicted molar refractivity (Wildman–Crippen MR) is 104 cm³/mol. The van der Waals surface area contributed by atoms with E-state index in [1.807, 2.05) is 12.1 Å². The molecule has 0 aromatic heterocycles. The maximum absolute atomic E-state index is 13.9. The summed E-state index contributed by atoms with van der Waals surface area (Å²) < 4.78 is 24.4. The number of ether oxygens (including phenoxy) is 2. The van der Waals surface area contributed by atoms with Gasteiger partial charge in [-0.25, -0.2) is 9.18 Å². The Morgan fingerprint density at radius 2 is 1.81 bits per heavy atom. The molecule has 1 aliphatic rings. The molecule has 0 N–H and O–H groups in total. The lowest BCUT2D eigenvalue weighted by Crippen LogP contribution is -2.09. The van der Waals surface area contributed by atoms with E-state index in [2.05, 4.69) is 0 Å². The Morgan fingerprint density at radius 1 is 1.07 bits per heavy atom. The summed E-state index contributed by atoms with van der Waals surface area (Å²) >= 11 is 0. The van der Waals surface area contributed by atoms with Gasteiger partial charge in [0.1, 0.15) is 5.75 Å². The minimum absolute atomic E-state index is 0.136. The molecule has 3 rings (SSSR count). The highest BCUT2D eigenvalue weighted by molar-refractivity contribution is 5.91. The first-order valence-corrected chi connectivity index (χ1v) is 9.89. The molecule has 0 heterocycles. The van der Waals surface area contributed by atoms with Crippen LogP contribution in [0.4, 0.5) is 4.39 Å². The third kappa shape index (κ3) is 5.56. The molecule has 1 fully saturated rings. The van der Waals surface area contributed by atoms with E-state index in [9.17, 15) is 9.18 Å². The average Bonchev–Trinajstić information content (AvgIpc) is 2.70. The lowest BCUT2D eigenvalue weighted by molar-refractivity contribution is 0.0734. The zero-order chi connectivity index (χ0) is 19.1. The second-order valence-corrected chi connectivity index (χ2v) is 7.15. The van der Waals surface area contributed by atoms with Gasteiger partial charge in [-0.15, -0.1) is 0 Å². The number of rotatable bonds is 7. The highest BCUT2D eigenvalue weighted by Gasteiger charge is 2.14. The molecule has 27 heavy (non-hydrogen) atoms. The molecule has 1 saturated carbocycles. The van der Waals surface area contributed by atoms with Crippen LogP contribution in [0.15, 0.2) is 42.5 Å². The van der Waals surface area contributed by atoms with Crippen LogP contribution in [0.2, 0.25) is 0 Å². The second-order valence-electron chi connectivity index (χ2n) is 7.15. The molecular formula is C23H27FO3. The number of hydrogen-bond acceptors (Lipinski definition) is 3. The van der Waals surface area contributed by atoms with E-state index in [-0.39, 0.29) is 11.3 Å². The van der Waals surface area contributed by atoms with Crippen molar-refractivity contribution in [2.24, 2.45) is 5.92 Å². The number of hydrogen-bond donors (Lipinski definition) is 0. The number of halogens is 1. The standard InChI is InChI=1S/C23H27FO3/c1-2-26-22-15-12-19(16-21(22)24)23(25)27-20-13-10-18(11-14-20)9-8-17-6-4-3-5-7-17/h10-17H,2-9H2,1H3. The van der Waals surface area contributed by atoms with E-state index >= 15 is 0 Å². The number of esters is 1. The first-order chi connectivity index (χ1) is 13.2. The summed E-state index contributed by atoms with van der Waals surface area (Å²) in [7, 11) is 0. The van der Waals surface area contributed by atoms with E-state index in [0.717, 1.165) is 18.4 Å². The number of carbonyl (C=O) groups is 1. The lowest BCUT2D eigenvalue weighted by Gasteiger charge is -2.21. The minimum Gasteiger partial charge on any atom is -0.491 e. The van der Waals surface area contributed by atoms with E-state index in [1.54, 1.807) is 19.1 Å². The van der Waals surface area contributed by atoms with Crippen molar-refractivity contribution in [3.63, 3.8) is 0 Å². The molecule has 2 aromatic carbocycles. The average molecular weight is 370 g/mol. The summed E-state index contributed by atoms with van der Waals surface area (Å²) in [6, 6.07) is 11.7. The molecule has 0 aliphatic heterocycles. The Bertz CT molecular complexity index is 749. The maximum Gasteiger partial charge on any atom is 0.343 e. The third-order valence-corrected chi connectivity index (χ3v) is 5.17. The molecule has 144 valence electrons. The fraction of sp³-hybridized carbons (Fsp3) is 0.435. The summed E-state index contributed by atoms with van der Waals surface area (Å²) in [5.41, 5.74) is 1.42. The van der Waals surface area contributed by atoms with Crippen LogP contribution in [0, 0.1) is 11.7 Å². The van der Waals surface area contributed by atoms with E-state index in [0.29, 0.717) is 12.4 Å². The molecule has 0 unspecified atom stereocenters. The SMILES string of the molecule is CCOc1ccc(C(=O)Oc2ccc(CCC3CCCCC3)cc2)cc1F. The van der Waals surface area contributed by atoms with Crippen molar-refractivity contribution >= 4 is 5.97 Å². The van der Waals surface area contributed by atoms with Gasteiger partial charge < -0.3 is 9.47 Å². The summed E-state index contributed by atoms with van der Waals surface area (Å²) in [6.07, 6.45) is 9.11. The van der Waals surface area contributed by atoms with Crippen LogP contribution in [0.1, 0.15) is 61.4 Å². The molecular weight excluding hydrogens is 343 g/mol. The zero-order valence-electron chi connectivity index (χ0n) is 15.9. The van der Waals surface area contributed by atoms with Crippen molar-refractivity contribution in [3.8, 4) is 11.5 Å². The van der Waals surface area contributed by atoms with E-state index in [4.69, 9.17) is 9.47 Å². The molecule has 0 amide bonds. The van der Waals surface area contributed by atoms with Crippen LogP contribution in [0.5, 0.6) is 11.5 Å². The molecule has 0 saturated heterocycles. The molecule has 4 heteroatoms. The van der Waals surface area contributed by atoms with Crippen LogP contribution < -0.4 is 9.47 Å². The highest BCUT2D eigenvalue weighted by Crippen LogP contribution is 2.28. The summed E-state index contributed by atoms with van der Waals surface area (Å²) in [6.45, 7) is 2.15. The fourth-order valence-electron chi connectivity index (χ4n) is 3.64.